The van der Waals surface area contributed by atoms with E-state index >= 15 is 0 Å². The summed E-state index contributed by atoms with van der Waals surface area (Å²) in [6, 6.07) is 8.66. The number of carbonyl (C=O) groups is 1. The van der Waals surface area contributed by atoms with Crippen LogP contribution in [0.2, 0.25) is 0 Å². The minimum atomic E-state index is -1.40. The fraction of sp³-hybridized carbons (Fsp3) is 0.0833. The van der Waals surface area contributed by atoms with E-state index < -0.39 is 17.5 Å². The second kappa shape index (κ2) is 4.67. The number of nitrogens with zero attached hydrogens (tertiary/aromatic N) is 3. The third kappa shape index (κ3) is 2.35. The van der Waals surface area contributed by atoms with E-state index in [1.54, 1.807) is 24.3 Å². The van der Waals surface area contributed by atoms with E-state index in [0.29, 0.717) is 5.56 Å². The Balaban J connectivity index is 2.21. The van der Waals surface area contributed by atoms with E-state index in [9.17, 15) is 9.18 Å². The zero-order valence-corrected chi connectivity index (χ0v) is 9.17. The van der Waals surface area contributed by atoms with Crippen LogP contribution in [0.3, 0.4) is 0 Å². The summed E-state index contributed by atoms with van der Waals surface area (Å²) in [6.45, 7) is 0.246. The molecule has 0 saturated carbocycles. The number of hydrogen-bond acceptors (Lipinski definition) is 3. The summed E-state index contributed by atoms with van der Waals surface area (Å²) in [4.78, 5) is 10.6. The van der Waals surface area contributed by atoms with Gasteiger partial charge in [0, 0.05) is 0 Å². The molecule has 18 heavy (non-hydrogen) atoms. The van der Waals surface area contributed by atoms with Gasteiger partial charge in [-0.05, 0) is 17.7 Å². The van der Waals surface area contributed by atoms with Crippen molar-refractivity contribution < 1.29 is 14.3 Å². The normalized spacial score (nSPS) is 10.0. The van der Waals surface area contributed by atoms with E-state index in [0.717, 1.165) is 11.8 Å². The lowest BCUT2D eigenvalue weighted by molar-refractivity contribution is 0.0684. The molecule has 0 aliphatic carbocycles. The van der Waals surface area contributed by atoms with Crippen molar-refractivity contribution >= 4 is 5.97 Å². The lowest BCUT2D eigenvalue weighted by Gasteiger charge is -2.01. The zero-order chi connectivity index (χ0) is 13.1. The molecule has 0 spiro atoms. The molecule has 1 aromatic carbocycles. The van der Waals surface area contributed by atoms with Crippen LogP contribution < -0.4 is 0 Å². The molecule has 0 bridgehead atoms. The minimum absolute atomic E-state index is 0.246. The molecule has 0 radical (unpaired) electrons. The average Bonchev–Trinajstić information content (AvgIpc) is 2.71. The number of aromatic carboxylic acids is 1. The molecule has 0 aliphatic rings. The van der Waals surface area contributed by atoms with E-state index in [4.69, 9.17) is 10.4 Å². The molecule has 5 nitrogen and oxygen atoms in total. The van der Waals surface area contributed by atoms with Crippen molar-refractivity contribution in [3.63, 3.8) is 0 Å². The van der Waals surface area contributed by atoms with Crippen molar-refractivity contribution in [2.24, 2.45) is 0 Å². The van der Waals surface area contributed by atoms with Crippen molar-refractivity contribution in [3.05, 3.63) is 53.1 Å². The highest BCUT2D eigenvalue weighted by Crippen LogP contribution is 2.08. The smallest absolute Gasteiger partial charge is 0.359 e. The van der Waals surface area contributed by atoms with E-state index in [1.165, 1.54) is 4.68 Å². The van der Waals surface area contributed by atoms with Crippen LogP contribution in [0.15, 0.2) is 30.5 Å². The van der Waals surface area contributed by atoms with Crippen molar-refractivity contribution in [1.82, 2.24) is 9.78 Å². The number of carboxylic acid groups (broad SMARTS) is 1. The van der Waals surface area contributed by atoms with Gasteiger partial charge >= 0.3 is 5.97 Å². The summed E-state index contributed by atoms with van der Waals surface area (Å²) in [6.07, 6.45) is 1.03. The molecule has 1 aromatic heterocycles. The maximum Gasteiger partial charge on any atom is 0.359 e. The fourth-order valence-electron chi connectivity index (χ4n) is 1.49. The first-order valence-corrected chi connectivity index (χ1v) is 5.05. The van der Waals surface area contributed by atoms with Gasteiger partial charge in [-0.25, -0.2) is 9.18 Å². The van der Waals surface area contributed by atoms with Gasteiger partial charge in [-0.3, -0.25) is 4.68 Å². The van der Waals surface area contributed by atoms with Crippen molar-refractivity contribution in [2.75, 3.05) is 0 Å². The van der Waals surface area contributed by atoms with Crippen LogP contribution in [0.1, 0.15) is 21.6 Å². The van der Waals surface area contributed by atoms with E-state index in [1.807, 2.05) is 6.07 Å². The van der Waals surface area contributed by atoms with E-state index in [2.05, 4.69) is 5.10 Å². The standard InChI is InChI=1S/C12H8FN3O2/c13-10-7-16(15-11(10)12(17)18)6-9-3-1-8(5-14)2-4-9/h1-4,7H,6H2,(H,17,18). The summed E-state index contributed by atoms with van der Waals surface area (Å²) < 4.78 is 14.4. The third-order valence-electron chi connectivity index (χ3n) is 2.35. The summed E-state index contributed by atoms with van der Waals surface area (Å²) in [5.74, 6) is -2.26. The van der Waals surface area contributed by atoms with Crippen LogP contribution in [0.25, 0.3) is 0 Å². The highest BCUT2D eigenvalue weighted by atomic mass is 19.1. The predicted molar refractivity (Wildman–Crippen MR) is 59.4 cm³/mol. The maximum absolute atomic E-state index is 13.2. The molecule has 0 unspecified atom stereocenters. The lowest BCUT2D eigenvalue weighted by Crippen LogP contribution is -2.04. The molecule has 0 amide bonds. The van der Waals surface area contributed by atoms with Crippen LogP contribution in [0, 0.1) is 17.1 Å². The zero-order valence-electron chi connectivity index (χ0n) is 9.17. The molecular weight excluding hydrogens is 237 g/mol. The van der Waals surface area contributed by atoms with Crippen LogP contribution in [-0.2, 0) is 6.54 Å². The molecule has 0 atom stereocenters. The topological polar surface area (TPSA) is 78.9 Å². The van der Waals surface area contributed by atoms with Gasteiger partial charge in [0.1, 0.15) is 0 Å². The largest absolute Gasteiger partial charge is 0.476 e. The molecule has 0 aliphatic heterocycles. The Labute approximate surface area is 102 Å². The first kappa shape index (κ1) is 11.8. The van der Waals surface area contributed by atoms with Crippen LogP contribution in [0.4, 0.5) is 4.39 Å². The van der Waals surface area contributed by atoms with Gasteiger partial charge in [0.05, 0.1) is 24.4 Å². The minimum Gasteiger partial charge on any atom is -0.476 e. The molecule has 1 N–H and O–H groups in total. The quantitative estimate of drug-likeness (QED) is 0.891. The number of hydrogen-bond donors (Lipinski definition) is 1. The van der Waals surface area contributed by atoms with Gasteiger partial charge in [0.2, 0.25) is 5.69 Å². The van der Waals surface area contributed by atoms with Gasteiger partial charge < -0.3 is 5.11 Å². The summed E-state index contributed by atoms with van der Waals surface area (Å²) in [5, 5.41) is 20.9. The summed E-state index contributed by atoms with van der Waals surface area (Å²) >= 11 is 0. The number of rotatable bonds is 3. The second-order valence-corrected chi connectivity index (χ2v) is 3.64. The van der Waals surface area contributed by atoms with Crippen molar-refractivity contribution in [2.45, 2.75) is 6.54 Å². The van der Waals surface area contributed by atoms with E-state index in [-0.39, 0.29) is 6.54 Å². The molecule has 90 valence electrons. The van der Waals surface area contributed by atoms with Gasteiger partial charge in [0.25, 0.3) is 0 Å². The Bertz CT molecular complexity index is 626. The van der Waals surface area contributed by atoms with Gasteiger partial charge in [-0.15, -0.1) is 0 Å². The molecule has 2 rings (SSSR count). The van der Waals surface area contributed by atoms with Crippen LogP contribution in [-0.4, -0.2) is 20.9 Å². The van der Waals surface area contributed by atoms with Crippen molar-refractivity contribution in [1.29, 1.82) is 5.26 Å². The monoisotopic (exact) mass is 245 g/mol. The summed E-state index contributed by atoms with van der Waals surface area (Å²) in [7, 11) is 0. The second-order valence-electron chi connectivity index (χ2n) is 3.64. The van der Waals surface area contributed by atoms with Gasteiger partial charge in [-0.1, -0.05) is 12.1 Å². The summed E-state index contributed by atoms with van der Waals surface area (Å²) in [5.41, 5.74) is 0.730. The highest BCUT2D eigenvalue weighted by molar-refractivity contribution is 5.85. The molecule has 0 saturated heterocycles. The van der Waals surface area contributed by atoms with Crippen molar-refractivity contribution in [3.8, 4) is 6.07 Å². The molecule has 2 aromatic rings. The molecular formula is C12H8FN3O2. The Morgan fingerprint density at radius 3 is 2.61 bits per heavy atom. The maximum atomic E-state index is 13.2. The number of carboxylic acids is 1. The Morgan fingerprint density at radius 2 is 2.11 bits per heavy atom. The molecule has 1 heterocycles. The number of nitriles is 1. The first-order valence-electron chi connectivity index (χ1n) is 5.05. The Kier molecular flexibility index (Phi) is 3.06. The number of aromatic nitrogens is 2. The number of benzene rings is 1. The molecule has 0 fully saturated rings. The van der Waals surface area contributed by atoms with Gasteiger partial charge in [0.15, 0.2) is 5.82 Å². The highest BCUT2D eigenvalue weighted by Gasteiger charge is 2.15. The van der Waals surface area contributed by atoms with Gasteiger partial charge in [-0.2, -0.15) is 10.4 Å². The van der Waals surface area contributed by atoms with Crippen LogP contribution >= 0.6 is 0 Å². The fourth-order valence-corrected chi connectivity index (χ4v) is 1.49. The average molecular weight is 245 g/mol. The number of halogens is 1. The Hall–Kier alpha value is -2.68. The Morgan fingerprint density at radius 1 is 1.44 bits per heavy atom. The third-order valence-corrected chi connectivity index (χ3v) is 2.35. The SMILES string of the molecule is N#Cc1ccc(Cn2cc(F)c(C(=O)O)n2)cc1. The predicted octanol–water partition coefficient (Wildman–Crippen LogP) is 1.64. The van der Waals surface area contributed by atoms with Crippen LogP contribution in [0.5, 0.6) is 0 Å². The first-order chi connectivity index (χ1) is 8.60. The lowest BCUT2D eigenvalue weighted by atomic mass is 10.1. The molecule has 6 heteroatoms.